The van der Waals surface area contributed by atoms with Crippen LogP contribution in [-0.4, -0.2) is 49.8 Å². The van der Waals surface area contributed by atoms with Crippen molar-refractivity contribution in [2.75, 3.05) is 39.0 Å². The molecule has 1 fully saturated rings. The molecule has 23 heavy (non-hydrogen) atoms. The molecular weight excluding hydrogens is 308 g/mol. The van der Waals surface area contributed by atoms with Crippen LogP contribution in [0.15, 0.2) is 29.2 Å². The SMILES string of the molecule is COc1ccc(SCC(=O)NCCCN2CCC(C)CC2)cc1. The first-order valence-electron chi connectivity index (χ1n) is 8.43. The van der Waals surface area contributed by atoms with Gasteiger partial charge in [-0.1, -0.05) is 6.92 Å². The summed E-state index contributed by atoms with van der Waals surface area (Å²) in [6, 6.07) is 7.79. The van der Waals surface area contributed by atoms with Crippen LogP contribution in [0, 0.1) is 5.92 Å². The molecule has 1 heterocycles. The average Bonchev–Trinajstić information content (AvgIpc) is 2.59. The van der Waals surface area contributed by atoms with E-state index in [4.69, 9.17) is 4.74 Å². The molecule has 1 aliphatic rings. The number of nitrogens with one attached hydrogen (secondary N) is 1. The van der Waals surface area contributed by atoms with E-state index in [2.05, 4.69) is 17.1 Å². The van der Waals surface area contributed by atoms with E-state index in [0.29, 0.717) is 5.75 Å². The molecule has 2 rings (SSSR count). The zero-order valence-electron chi connectivity index (χ0n) is 14.2. The summed E-state index contributed by atoms with van der Waals surface area (Å²) >= 11 is 1.56. The van der Waals surface area contributed by atoms with Crippen LogP contribution >= 0.6 is 11.8 Å². The van der Waals surface area contributed by atoms with E-state index >= 15 is 0 Å². The quantitative estimate of drug-likeness (QED) is 0.585. The molecule has 1 N–H and O–H groups in total. The summed E-state index contributed by atoms with van der Waals surface area (Å²) in [6.45, 7) is 6.62. The second kappa shape index (κ2) is 9.83. The lowest BCUT2D eigenvalue weighted by Crippen LogP contribution is -2.35. The molecule has 0 radical (unpaired) electrons. The monoisotopic (exact) mass is 336 g/mol. The van der Waals surface area contributed by atoms with Gasteiger partial charge in [0, 0.05) is 11.4 Å². The first-order chi connectivity index (χ1) is 11.2. The molecular formula is C18H28N2O2S. The second-order valence-electron chi connectivity index (χ2n) is 6.19. The summed E-state index contributed by atoms with van der Waals surface area (Å²) in [5.74, 6) is 2.29. The van der Waals surface area contributed by atoms with Crippen molar-refractivity contribution in [2.24, 2.45) is 5.92 Å². The van der Waals surface area contributed by atoms with E-state index in [9.17, 15) is 4.79 Å². The third-order valence-electron chi connectivity index (χ3n) is 4.28. The minimum atomic E-state index is 0.109. The first-order valence-corrected chi connectivity index (χ1v) is 9.42. The van der Waals surface area contributed by atoms with Crippen molar-refractivity contribution in [3.8, 4) is 5.75 Å². The number of ether oxygens (including phenoxy) is 1. The Morgan fingerprint density at radius 3 is 2.65 bits per heavy atom. The Bertz CT molecular complexity index is 470. The highest BCUT2D eigenvalue weighted by Gasteiger charge is 2.14. The Morgan fingerprint density at radius 2 is 2.00 bits per heavy atom. The summed E-state index contributed by atoms with van der Waals surface area (Å²) < 4.78 is 5.12. The topological polar surface area (TPSA) is 41.6 Å². The van der Waals surface area contributed by atoms with Crippen LogP contribution in [0.4, 0.5) is 0 Å². The van der Waals surface area contributed by atoms with Gasteiger partial charge in [0.05, 0.1) is 12.9 Å². The van der Waals surface area contributed by atoms with Crippen LogP contribution in [0.3, 0.4) is 0 Å². The Morgan fingerprint density at radius 1 is 1.30 bits per heavy atom. The number of hydrogen-bond donors (Lipinski definition) is 1. The maximum Gasteiger partial charge on any atom is 0.230 e. The van der Waals surface area contributed by atoms with Crippen LogP contribution in [0.25, 0.3) is 0 Å². The van der Waals surface area contributed by atoms with E-state index in [-0.39, 0.29) is 5.91 Å². The third-order valence-corrected chi connectivity index (χ3v) is 5.29. The summed E-state index contributed by atoms with van der Waals surface area (Å²) in [4.78, 5) is 15.5. The normalized spacial score (nSPS) is 16.3. The average molecular weight is 337 g/mol. The van der Waals surface area contributed by atoms with E-state index < -0.39 is 0 Å². The molecule has 5 heteroatoms. The lowest BCUT2D eigenvalue weighted by Gasteiger charge is -2.30. The summed E-state index contributed by atoms with van der Waals surface area (Å²) in [5, 5.41) is 3.01. The molecule has 1 aromatic rings. The Hall–Kier alpha value is -1.20. The fourth-order valence-electron chi connectivity index (χ4n) is 2.69. The van der Waals surface area contributed by atoms with Gasteiger partial charge < -0.3 is 15.0 Å². The maximum atomic E-state index is 11.9. The molecule has 0 bridgehead atoms. The number of rotatable bonds is 8. The van der Waals surface area contributed by atoms with E-state index in [1.165, 1.54) is 25.9 Å². The largest absolute Gasteiger partial charge is 0.497 e. The fourth-order valence-corrected chi connectivity index (χ4v) is 3.42. The van der Waals surface area contributed by atoms with Crippen molar-refractivity contribution in [1.29, 1.82) is 0 Å². The van der Waals surface area contributed by atoms with Gasteiger partial charge in [0.15, 0.2) is 0 Å². The van der Waals surface area contributed by atoms with Crippen LogP contribution in [0.5, 0.6) is 5.75 Å². The molecule has 4 nitrogen and oxygen atoms in total. The predicted molar refractivity (Wildman–Crippen MR) is 96.2 cm³/mol. The molecule has 1 aliphatic heterocycles. The van der Waals surface area contributed by atoms with Crippen LogP contribution in [-0.2, 0) is 4.79 Å². The Labute approximate surface area is 144 Å². The maximum absolute atomic E-state index is 11.9. The smallest absolute Gasteiger partial charge is 0.230 e. The van der Waals surface area contributed by atoms with Gasteiger partial charge in [-0.15, -0.1) is 11.8 Å². The molecule has 0 aromatic heterocycles. The van der Waals surface area contributed by atoms with Gasteiger partial charge in [0.2, 0.25) is 5.91 Å². The standard InChI is InChI=1S/C18H28N2O2S/c1-15-8-12-20(13-9-15)11-3-10-19-18(21)14-23-17-6-4-16(22-2)5-7-17/h4-7,15H,3,8-14H2,1-2H3,(H,19,21). The second-order valence-corrected chi connectivity index (χ2v) is 7.24. The van der Waals surface area contributed by atoms with Crippen molar-refractivity contribution >= 4 is 17.7 Å². The van der Waals surface area contributed by atoms with E-state index in [0.717, 1.165) is 36.1 Å². The molecule has 0 saturated carbocycles. The lowest BCUT2D eigenvalue weighted by molar-refractivity contribution is -0.118. The Balaban J connectivity index is 1.54. The minimum absolute atomic E-state index is 0.109. The van der Waals surface area contributed by atoms with Gasteiger partial charge in [0.25, 0.3) is 0 Å². The third kappa shape index (κ3) is 6.83. The number of likely N-dealkylation sites (tertiary alicyclic amines) is 1. The number of amides is 1. The first kappa shape index (κ1) is 18.1. The van der Waals surface area contributed by atoms with E-state index in [1.807, 2.05) is 24.3 Å². The van der Waals surface area contributed by atoms with Gasteiger partial charge in [-0.2, -0.15) is 0 Å². The lowest BCUT2D eigenvalue weighted by atomic mass is 9.99. The van der Waals surface area contributed by atoms with Gasteiger partial charge in [-0.3, -0.25) is 4.79 Å². The predicted octanol–water partition coefficient (Wildman–Crippen LogP) is 3.03. The number of thioether (sulfide) groups is 1. The van der Waals surface area contributed by atoms with Crippen LogP contribution < -0.4 is 10.1 Å². The minimum Gasteiger partial charge on any atom is -0.497 e. The molecule has 0 unspecified atom stereocenters. The van der Waals surface area contributed by atoms with Crippen molar-refractivity contribution in [1.82, 2.24) is 10.2 Å². The highest BCUT2D eigenvalue weighted by atomic mass is 32.2. The van der Waals surface area contributed by atoms with E-state index in [1.54, 1.807) is 18.9 Å². The number of carbonyl (C=O) groups excluding carboxylic acids is 1. The van der Waals surface area contributed by atoms with Crippen LogP contribution in [0.2, 0.25) is 0 Å². The van der Waals surface area contributed by atoms with Gasteiger partial charge in [-0.05, 0) is 69.1 Å². The molecule has 1 amide bonds. The fraction of sp³-hybridized carbons (Fsp3) is 0.611. The number of carbonyl (C=O) groups is 1. The van der Waals surface area contributed by atoms with Crippen molar-refractivity contribution in [3.05, 3.63) is 24.3 Å². The molecule has 0 spiro atoms. The number of nitrogens with zero attached hydrogens (tertiary/aromatic N) is 1. The zero-order valence-corrected chi connectivity index (χ0v) is 15.0. The summed E-state index contributed by atoms with van der Waals surface area (Å²) in [7, 11) is 1.65. The molecule has 0 aliphatic carbocycles. The number of benzene rings is 1. The molecule has 128 valence electrons. The van der Waals surface area contributed by atoms with Crippen molar-refractivity contribution < 1.29 is 9.53 Å². The molecule has 1 saturated heterocycles. The highest BCUT2D eigenvalue weighted by Crippen LogP contribution is 2.21. The number of piperidine rings is 1. The van der Waals surface area contributed by atoms with Gasteiger partial charge in [-0.25, -0.2) is 0 Å². The molecule has 1 aromatic carbocycles. The highest BCUT2D eigenvalue weighted by molar-refractivity contribution is 8.00. The molecule has 0 atom stereocenters. The number of methoxy groups -OCH3 is 1. The summed E-state index contributed by atoms with van der Waals surface area (Å²) in [5.41, 5.74) is 0. The number of hydrogen-bond acceptors (Lipinski definition) is 4. The van der Waals surface area contributed by atoms with Gasteiger partial charge >= 0.3 is 0 Å². The summed E-state index contributed by atoms with van der Waals surface area (Å²) in [6.07, 6.45) is 3.66. The Kier molecular flexibility index (Phi) is 7.76. The van der Waals surface area contributed by atoms with Crippen molar-refractivity contribution in [2.45, 2.75) is 31.1 Å². The van der Waals surface area contributed by atoms with Crippen LogP contribution in [0.1, 0.15) is 26.2 Å². The van der Waals surface area contributed by atoms with Gasteiger partial charge in [0.1, 0.15) is 5.75 Å². The van der Waals surface area contributed by atoms with Crippen molar-refractivity contribution in [3.63, 3.8) is 0 Å². The zero-order chi connectivity index (χ0) is 16.5.